The van der Waals surface area contributed by atoms with Crippen LogP contribution < -0.4 is 0 Å². The third kappa shape index (κ3) is 3.10. The van der Waals surface area contributed by atoms with Gasteiger partial charge in [-0.1, -0.05) is 27.4 Å². The molecular formula is C10H19NS. The van der Waals surface area contributed by atoms with Crippen LogP contribution in [0.3, 0.4) is 0 Å². The molecule has 0 aliphatic carbocycles. The third-order valence-electron chi connectivity index (χ3n) is 1.89. The van der Waals surface area contributed by atoms with Gasteiger partial charge in [-0.05, 0) is 5.41 Å². The monoisotopic (exact) mass is 185 g/mol. The first-order chi connectivity index (χ1) is 5.49. The van der Waals surface area contributed by atoms with E-state index in [1.165, 1.54) is 18.0 Å². The number of hydrogen-bond donors (Lipinski definition) is 0. The van der Waals surface area contributed by atoms with E-state index in [0.29, 0.717) is 5.41 Å². The number of nitrogens with zero attached hydrogens (tertiary/aromatic N) is 1. The molecule has 12 heavy (non-hydrogen) atoms. The molecule has 0 unspecified atom stereocenters. The summed E-state index contributed by atoms with van der Waals surface area (Å²) in [6, 6.07) is 0. The van der Waals surface area contributed by atoms with Crippen molar-refractivity contribution in [3.05, 3.63) is 12.3 Å². The summed E-state index contributed by atoms with van der Waals surface area (Å²) in [6.45, 7) is 13.3. The van der Waals surface area contributed by atoms with Gasteiger partial charge in [-0.2, -0.15) is 11.8 Å². The highest BCUT2D eigenvalue weighted by Crippen LogP contribution is 2.23. The molecule has 0 saturated carbocycles. The van der Waals surface area contributed by atoms with Crippen molar-refractivity contribution in [2.45, 2.75) is 20.8 Å². The lowest BCUT2D eigenvalue weighted by atomic mass is 9.96. The zero-order valence-electron chi connectivity index (χ0n) is 8.39. The van der Waals surface area contributed by atoms with Gasteiger partial charge < -0.3 is 4.90 Å². The lowest BCUT2D eigenvalue weighted by molar-refractivity contribution is 0.243. The SMILES string of the molecule is C=C1CSCCN1CC(C)(C)C. The van der Waals surface area contributed by atoms with Crippen molar-refractivity contribution >= 4 is 11.8 Å². The zero-order chi connectivity index (χ0) is 9.19. The first-order valence-corrected chi connectivity index (χ1v) is 5.65. The van der Waals surface area contributed by atoms with Gasteiger partial charge in [0.15, 0.2) is 0 Å². The fourth-order valence-electron chi connectivity index (χ4n) is 1.38. The summed E-state index contributed by atoms with van der Waals surface area (Å²) >= 11 is 1.99. The molecule has 0 spiro atoms. The molecule has 0 bridgehead atoms. The molecule has 0 atom stereocenters. The van der Waals surface area contributed by atoms with Gasteiger partial charge in [0.05, 0.1) is 0 Å². The highest BCUT2D eigenvalue weighted by atomic mass is 32.2. The molecule has 70 valence electrons. The summed E-state index contributed by atoms with van der Waals surface area (Å²) in [4.78, 5) is 2.43. The Morgan fingerprint density at radius 3 is 2.67 bits per heavy atom. The van der Waals surface area contributed by atoms with Crippen LogP contribution in [0.5, 0.6) is 0 Å². The summed E-state index contributed by atoms with van der Waals surface area (Å²) < 4.78 is 0. The minimum absolute atomic E-state index is 0.394. The number of thioether (sulfide) groups is 1. The van der Waals surface area contributed by atoms with Gasteiger partial charge in [0.25, 0.3) is 0 Å². The second kappa shape index (κ2) is 3.73. The number of rotatable bonds is 1. The highest BCUT2D eigenvalue weighted by Gasteiger charge is 2.19. The Morgan fingerprint density at radius 2 is 2.17 bits per heavy atom. The second-order valence-electron chi connectivity index (χ2n) is 4.60. The molecule has 0 aromatic heterocycles. The lowest BCUT2D eigenvalue weighted by Crippen LogP contribution is -2.36. The van der Waals surface area contributed by atoms with Gasteiger partial charge in [0.1, 0.15) is 0 Å². The Bertz CT molecular complexity index is 169. The Morgan fingerprint density at radius 1 is 1.50 bits per heavy atom. The molecule has 1 rings (SSSR count). The Hall–Kier alpha value is -0.110. The molecule has 0 amide bonds. The molecule has 1 nitrogen and oxygen atoms in total. The quantitative estimate of drug-likeness (QED) is 0.618. The molecule has 0 N–H and O–H groups in total. The van der Waals surface area contributed by atoms with Crippen LogP contribution in [0.2, 0.25) is 0 Å². The molecule has 1 heterocycles. The van der Waals surface area contributed by atoms with Crippen LogP contribution in [0.1, 0.15) is 20.8 Å². The molecular weight excluding hydrogens is 166 g/mol. The summed E-state index contributed by atoms with van der Waals surface area (Å²) in [7, 11) is 0. The summed E-state index contributed by atoms with van der Waals surface area (Å²) in [5, 5.41) is 0. The van der Waals surface area contributed by atoms with Crippen LogP contribution in [-0.4, -0.2) is 29.5 Å². The van der Waals surface area contributed by atoms with Crippen LogP contribution in [0.15, 0.2) is 12.3 Å². The van der Waals surface area contributed by atoms with E-state index < -0.39 is 0 Å². The molecule has 1 saturated heterocycles. The standard InChI is InChI=1S/C10H19NS/c1-9-7-12-6-5-11(9)8-10(2,3)4/h1,5-8H2,2-4H3. The largest absolute Gasteiger partial charge is 0.373 e. The van der Waals surface area contributed by atoms with Gasteiger partial charge in [0, 0.05) is 30.3 Å². The molecule has 1 aliphatic heterocycles. The zero-order valence-corrected chi connectivity index (χ0v) is 9.21. The Kier molecular flexibility index (Phi) is 3.10. The minimum Gasteiger partial charge on any atom is -0.373 e. The summed E-state index contributed by atoms with van der Waals surface area (Å²) in [6.07, 6.45) is 0. The smallest absolute Gasteiger partial charge is 0.0329 e. The van der Waals surface area contributed by atoms with Crippen LogP contribution in [-0.2, 0) is 0 Å². The van der Waals surface area contributed by atoms with Crippen LogP contribution in [0, 0.1) is 5.41 Å². The second-order valence-corrected chi connectivity index (χ2v) is 5.71. The lowest BCUT2D eigenvalue weighted by Gasteiger charge is -2.35. The average molecular weight is 185 g/mol. The van der Waals surface area contributed by atoms with Crippen molar-refractivity contribution in [2.75, 3.05) is 24.6 Å². The fraction of sp³-hybridized carbons (Fsp3) is 0.800. The van der Waals surface area contributed by atoms with E-state index in [2.05, 4.69) is 32.3 Å². The molecule has 0 aromatic rings. The van der Waals surface area contributed by atoms with Gasteiger partial charge in [-0.25, -0.2) is 0 Å². The summed E-state index contributed by atoms with van der Waals surface area (Å²) in [5.41, 5.74) is 1.70. The maximum absolute atomic E-state index is 4.08. The predicted octanol–water partition coefficient (Wildman–Crippen LogP) is 2.60. The minimum atomic E-state index is 0.394. The van der Waals surface area contributed by atoms with E-state index in [-0.39, 0.29) is 0 Å². The fourth-order valence-corrected chi connectivity index (χ4v) is 2.29. The van der Waals surface area contributed by atoms with Gasteiger partial charge in [-0.15, -0.1) is 0 Å². The van der Waals surface area contributed by atoms with Crippen LogP contribution >= 0.6 is 11.8 Å². The van der Waals surface area contributed by atoms with E-state index in [4.69, 9.17) is 0 Å². The Balaban J connectivity index is 2.45. The maximum atomic E-state index is 4.08. The van der Waals surface area contributed by atoms with Crippen molar-refractivity contribution in [3.8, 4) is 0 Å². The third-order valence-corrected chi connectivity index (χ3v) is 2.90. The highest BCUT2D eigenvalue weighted by molar-refractivity contribution is 7.99. The van der Waals surface area contributed by atoms with Crippen LogP contribution in [0.4, 0.5) is 0 Å². The van der Waals surface area contributed by atoms with E-state index in [1.54, 1.807) is 0 Å². The van der Waals surface area contributed by atoms with Crippen molar-refractivity contribution in [3.63, 3.8) is 0 Å². The Labute approximate surface area is 80.2 Å². The molecule has 1 fully saturated rings. The molecule has 2 heteroatoms. The predicted molar refractivity (Wildman–Crippen MR) is 57.5 cm³/mol. The van der Waals surface area contributed by atoms with E-state index >= 15 is 0 Å². The van der Waals surface area contributed by atoms with E-state index in [0.717, 1.165) is 12.3 Å². The first-order valence-electron chi connectivity index (χ1n) is 4.49. The molecule has 1 aliphatic rings. The van der Waals surface area contributed by atoms with Crippen LogP contribution in [0.25, 0.3) is 0 Å². The van der Waals surface area contributed by atoms with Gasteiger partial charge >= 0.3 is 0 Å². The average Bonchev–Trinajstić information content (AvgIpc) is 1.91. The molecule has 0 radical (unpaired) electrons. The van der Waals surface area contributed by atoms with Gasteiger partial charge in [-0.3, -0.25) is 0 Å². The topological polar surface area (TPSA) is 3.24 Å². The van der Waals surface area contributed by atoms with Crippen molar-refractivity contribution < 1.29 is 0 Å². The van der Waals surface area contributed by atoms with Crippen molar-refractivity contribution in [2.24, 2.45) is 5.41 Å². The number of hydrogen-bond acceptors (Lipinski definition) is 2. The first kappa shape index (κ1) is 9.97. The van der Waals surface area contributed by atoms with Gasteiger partial charge in [0.2, 0.25) is 0 Å². The van der Waals surface area contributed by atoms with Crippen molar-refractivity contribution in [1.29, 1.82) is 0 Å². The maximum Gasteiger partial charge on any atom is 0.0329 e. The normalized spacial score (nSPS) is 19.9. The summed E-state index contributed by atoms with van der Waals surface area (Å²) in [5.74, 6) is 2.38. The van der Waals surface area contributed by atoms with Crippen molar-refractivity contribution in [1.82, 2.24) is 4.90 Å². The molecule has 0 aromatic carbocycles. The van der Waals surface area contributed by atoms with E-state index in [1.807, 2.05) is 11.8 Å². The van der Waals surface area contributed by atoms with E-state index in [9.17, 15) is 0 Å².